The van der Waals surface area contributed by atoms with Gasteiger partial charge in [0.25, 0.3) is 0 Å². The summed E-state index contributed by atoms with van der Waals surface area (Å²) in [5, 5.41) is 3.41. The van der Waals surface area contributed by atoms with Gasteiger partial charge in [-0.15, -0.1) is 0 Å². The van der Waals surface area contributed by atoms with E-state index < -0.39 is 0 Å². The van der Waals surface area contributed by atoms with Crippen LogP contribution in [0.15, 0.2) is 24.3 Å². The summed E-state index contributed by atoms with van der Waals surface area (Å²) in [5.41, 5.74) is 6.54. The number of benzene rings is 1. The summed E-state index contributed by atoms with van der Waals surface area (Å²) < 4.78 is 5.35. The Balaban J connectivity index is 2.37. The second kappa shape index (κ2) is 7.90. The highest BCUT2D eigenvalue weighted by Gasteiger charge is 2.19. The van der Waals surface area contributed by atoms with Gasteiger partial charge in [-0.3, -0.25) is 0 Å². The minimum atomic E-state index is -0.312. The first kappa shape index (κ1) is 16.5. The van der Waals surface area contributed by atoms with Crippen molar-refractivity contribution in [3.63, 3.8) is 0 Å². The third kappa shape index (κ3) is 6.06. The van der Waals surface area contributed by atoms with Crippen LogP contribution in [0, 0.1) is 0 Å². The fraction of sp³-hybridized carbons (Fsp3) is 0.562. The van der Waals surface area contributed by atoms with Crippen LogP contribution in [0.2, 0.25) is 0 Å². The first-order valence-corrected chi connectivity index (χ1v) is 7.22. The van der Waals surface area contributed by atoms with E-state index in [1.54, 1.807) is 24.3 Å². The third-order valence-electron chi connectivity index (χ3n) is 3.09. The number of carbonyl (C=O) groups is 1. The first-order valence-electron chi connectivity index (χ1n) is 7.22. The summed E-state index contributed by atoms with van der Waals surface area (Å²) in [6, 6.07) is 6.76. The average molecular weight is 278 g/mol. The van der Waals surface area contributed by atoms with Gasteiger partial charge in [-0.2, -0.15) is 0 Å². The predicted molar refractivity (Wildman–Crippen MR) is 82.7 cm³/mol. The van der Waals surface area contributed by atoms with Gasteiger partial charge in [-0.05, 0) is 51.1 Å². The molecule has 0 atom stereocenters. The smallest absolute Gasteiger partial charge is 0.338 e. The maximum atomic E-state index is 11.9. The highest BCUT2D eigenvalue weighted by molar-refractivity contribution is 5.89. The van der Waals surface area contributed by atoms with E-state index in [0.717, 1.165) is 13.0 Å². The fourth-order valence-corrected chi connectivity index (χ4v) is 1.80. The molecule has 0 aliphatic heterocycles. The highest BCUT2D eigenvalue weighted by atomic mass is 16.5. The van der Waals surface area contributed by atoms with Crippen molar-refractivity contribution < 1.29 is 9.53 Å². The van der Waals surface area contributed by atoms with Crippen molar-refractivity contribution in [1.82, 2.24) is 5.32 Å². The monoisotopic (exact) mass is 278 g/mol. The van der Waals surface area contributed by atoms with Gasteiger partial charge in [0.05, 0.1) is 5.56 Å². The molecule has 0 bridgehead atoms. The Kier molecular flexibility index (Phi) is 6.52. The Hall–Kier alpha value is -1.55. The lowest BCUT2D eigenvalue weighted by molar-refractivity contribution is 0.0400. The molecule has 1 aromatic carbocycles. The lowest BCUT2D eigenvalue weighted by Crippen LogP contribution is -2.44. The molecular formula is C16H26N2O2. The zero-order valence-corrected chi connectivity index (χ0v) is 12.7. The minimum absolute atomic E-state index is 0.211. The van der Waals surface area contributed by atoms with Crippen LogP contribution in [0.25, 0.3) is 0 Å². The Labute approximate surface area is 121 Å². The molecule has 0 saturated carbocycles. The second-order valence-corrected chi connectivity index (χ2v) is 5.72. The molecule has 3 N–H and O–H groups in total. The number of nitrogens with two attached hydrogens (primary N) is 1. The molecule has 0 aliphatic carbocycles. The van der Waals surface area contributed by atoms with Gasteiger partial charge in [0.2, 0.25) is 0 Å². The maximum Gasteiger partial charge on any atom is 0.338 e. The Bertz CT molecular complexity index is 413. The molecule has 0 fully saturated rings. The molecular weight excluding hydrogens is 252 g/mol. The minimum Gasteiger partial charge on any atom is -0.460 e. The van der Waals surface area contributed by atoms with Crippen molar-refractivity contribution in [2.24, 2.45) is 0 Å². The van der Waals surface area contributed by atoms with E-state index in [9.17, 15) is 4.79 Å². The normalized spacial score (nSPS) is 11.3. The molecule has 0 aromatic heterocycles. The summed E-state index contributed by atoms with van der Waals surface area (Å²) in [4.78, 5) is 11.9. The van der Waals surface area contributed by atoms with E-state index >= 15 is 0 Å². The SMILES string of the molecule is CCCCCNC(C)(C)COC(=O)c1ccc(N)cc1. The molecule has 0 unspecified atom stereocenters. The van der Waals surface area contributed by atoms with Gasteiger partial charge in [0.1, 0.15) is 6.61 Å². The third-order valence-corrected chi connectivity index (χ3v) is 3.09. The van der Waals surface area contributed by atoms with Gasteiger partial charge in [-0.1, -0.05) is 19.8 Å². The summed E-state index contributed by atoms with van der Waals surface area (Å²) in [6.07, 6.45) is 3.56. The van der Waals surface area contributed by atoms with E-state index in [1.807, 2.05) is 13.8 Å². The predicted octanol–water partition coefficient (Wildman–Crippen LogP) is 2.98. The van der Waals surface area contributed by atoms with Crippen molar-refractivity contribution in [2.45, 2.75) is 45.6 Å². The second-order valence-electron chi connectivity index (χ2n) is 5.72. The summed E-state index contributed by atoms with van der Waals surface area (Å²) in [7, 11) is 0. The number of hydrogen-bond acceptors (Lipinski definition) is 4. The van der Waals surface area contributed by atoms with Gasteiger partial charge in [-0.25, -0.2) is 4.79 Å². The quantitative estimate of drug-likeness (QED) is 0.436. The van der Waals surface area contributed by atoms with Gasteiger partial charge in [0.15, 0.2) is 0 Å². The van der Waals surface area contributed by atoms with Crippen molar-refractivity contribution in [3.05, 3.63) is 29.8 Å². The van der Waals surface area contributed by atoms with Crippen LogP contribution < -0.4 is 11.1 Å². The number of unbranched alkanes of at least 4 members (excludes halogenated alkanes) is 2. The fourth-order valence-electron chi connectivity index (χ4n) is 1.80. The van der Waals surface area contributed by atoms with Crippen LogP contribution in [0.4, 0.5) is 5.69 Å². The van der Waals surface area contributed by atoms with Crippen molar-refractivity contribution >= 4 is 11.7 Å². The van der Waals surface area contributed by atoms with E-state index in [4.69, 9.17) is 10.5 Å². The number of nitrogen functional groups attached to an aromatic ring is 1. The number of ether oxygens (including phenoxy) is 1. The number of esters is 1. The van der Waals surface area contributed by atoms with E-state index in [2.05, 4.69) is 12.2 Å². The maximum absolute atomic E-state index is 11.9. The number of rotatable bonds is 8. The zero-order valence-electron chi connectivity index (χ0n) is 12.7. The highest BCUT2D eigenvalue weighted by Crippen LogP contribution is 2.09. The van der Waals surface area contributed by atoms with Crippen molar-refractivity contribution in [2.75, 3.05) is 18.9 Å². The standard InChI is InChI=1S/C16H26N2O2/c1-4-5-6-11-18-16(2,3)12-20-15(19)13-7-9-14(17)10-8-13/h7-10,18H,4-6,11-12,17H2,1-3H3. The average Bonchev–Trinajstić information content (AvgIpc) is 2.42. The summed E-state index contributed by atoms with van der Waals surface area (Å²) in [5.74, 6) is -0.312. The molecule has 0 amide bonds. The van der Waals surface area contributed by atoms with Crippen LogP contribution in [0.1, 0.15) is 50.4 Å². The Morgan fingerprint density at radius 2 is 1.90 bits per heavy atom. The number of carbonyl (C=O) groups excluding carboxylic acids is 1. The number of nitrogens with one attached hydrogen (secondary N) is 1. The van der Waals surface area contributed by atoms with Crippen LogP contribution >= 0.6 is 0 Å². The Morgan fingerprint density at radius 1 is 1.25 bits per heavy atom. The van der Waals surface area contributed by atoms with Gasteiger partial charge in [0, 0.05) is 11.2 Å². The lowest BCUT2D eigenvalue weighted by atomic mass is 10.1. The molecule has 4 nitrogen and oxygen atoms in total. The molecule has 0 radical (unpaired) electrons. The van der Waals surface area contributed by atoms with Crippen LogP contribution in [-0.2, 0) is 4.74 Å². The molecule has 0 heterocycles. The topological polar surface area (TPSA) is 64.3 Å². The van der Waals surface area contributed by atoms with Crippen LogP contribution in [-0.4, -0.2) is 24.7 Å². The number of anilines is 1. The van der Waals surface area contributed by atoms with Crippen LogP contribution in [0.3, 0.4) is 0 Å². The molecule has 1 aromatic rings. The van der Waals surface area contributed by atoms with Crippen molar-refractivity contribution in [3.8, 4) is 0 Å². The zero-order chi connectivity index (χ0) is 15.0. The first-order chi connectivity index (χ1) is 9.44. The molecule has 1 rings (SSSR count). The molecule has 0 spiro atoms. The largest absolute Gasteiger partial charge is 0.460 e. The van der Waals surface area contributed by atoms with E-state index in [1.165, 1.54) is 12.8 Å². The molecule has 20 heavy (non-hydrogen) atoms. The molecule has 0 saturated heterocycles. The van der Waals surface area contributed by atoms with Gasteiger partial charge >= 0.3 is 5.97 Å². The molecule has 4 heteroatoms. The summed E-state index contributed by atoms with van der Waals surface area (Å²) >= 11 is 0. The number of hydrogen-bond donors (Lipinski definition) is 2. The lowest BCUT2D eigenvalue weighted by Gasteiger charge is -2.26. The molecule has 0 aliphatic rings. The van der Waals surface area contributed by atoms with Crippen LogP contribution in [0.5, 0.6) is 0 Å². The summed E-state index contributed by atoms with van der Waals surface area (Å²) in [6.45, 7) is 7.55. The van der Waals surface area contributed by atoms with E-state index in [0.29, 0.717) is 17.9 Å². The van der Waals surface area contributed by atoms with Gasteiger partial charge < -0.3 is 15.8 Å². The molecule has 112 valence electrons. The van der Waals surface area contributed by atoms with Crippen molar-refractivity contribution in [1.29, 1.82) is 0 Å². The van der Waals surface area contributed by atoms with E-state index in [-0.39, 0.29) is 11.5 Å². The Morgan fingerprint density at radius 3 is 2.50 bits per heavy atom.